The minimum absolute atomic E-state index is 0.0668. The Hall–Kier alpha value is -1.29. The predicted molar refractivity (Wildman–Crippen MR) is 72.4 cm³/mol. The van der Waals surface area contributed by atoms with Crippen LogP contribution in [0.1, 0.15) is 27.2 Å². The van der Waals surface area contributed by atoms with Crippen LogP contribution in [0.3, 0.4) is 0 Å². The fourth-order valence-corrected chi connectivity index (χ4v) is 1.42. The summed E-state index contributed by atoms with van der Waals surface area (Å²) in [6.45, 7) is 6.01. The molecule has 5 heteroatoms. The van der Waals surface area contributed by atoms with Gasteiger partial charge in [-0.15, -0.1) is 0 Å². The molecule has 0 unspecified atom stereocenters. The molecule has 0 saturated heterocycles. The number of halogens is 2. The highest BCUT2D eigenvalue weighted by Gasteiger charge is 2.17. The van der Waals surface area contributed by atoms with E-state index in [-0.39, 0.29) is 23.0 Å². The van der Waals surface area contributed by atoms with Gasteiger partial charge in [0.25, 0.3) is 0 Å². The summed E-state index contributed by atoms with van der Waals surface area (Å²) in [4.78, 5) is 11.6. The summed E-state index contributed by atoms with van der Waals surface area (Å²) < 4.78 is 13.2. The minimum Gasteiger partial charge on any atom is -0.376 e. The zero-order valence-corrected chi connectivity index (χ0v) is 11.6. The number of anilines is 1. The molecule has 100 valence electrons. The van der Waals surface area contributed by atoms with Crippen molar-refractivity contribution in [3.05, 3.63) is 29.0 Å². The van der Waals surface area contributed by atoms with Crippen LogP contribution in [0.2, 0.25) is 5.02 Å². The normalized spacial score (nSPS) is 11.2. The predicted octanol–water partition coefficient (Wildman–Crippen LogP) is 3.20. The molecule has 0 aliphatic rings. The van der Waals surface area contributed by atoms with Gasteiger partial charge in [-0.25, -0.2) is 4.39 Å². The van der Waals surface area contributed by atoms with Crippen LogP contribution in [0.15, 0.2) is 18.2 Å². The average molecular weight is 273 g/mol. The molecule has 1 amide bonds. The Labute approximate surface area is 112 Å². The van der Waals surface area contributed by atoms with Gasteiger partial charge in [0, 0.05) is 11.2 Å². The van der Waals surface area contributed by atoms with Gasteiger partial charge in [0.15, 0.2) is 0 Å². The van der Waals surface area contributed by atoms with Crippen molar-refractivity contribution in [3.63, 3.8) is 0 Å². The lowest BCUT2D eigenvalue weighted by molar-refractivity contribution is -0.121. The van der Waals surface area contributed by atoms with Gasteiger partial charge in [-0.1, -0.05) is 18.5 Å². The van der Waals surface area contributed by atoms with Gasteiger partial charge < -0.3 is 10.6 Å². The number of hydrogen-bond acceptors (Lipinski definition) is 2. The molecule has 2 N–H and O–H groups in total. The quantitative estimate of drug-likeness (QED) is 0.864. The van der Waals surface area contributed by atoms with Crippen molar-refractivity contribution in [2.75, 3.05) is 11.9 Å². The van der Waals surface area contributed by atoms with Gasteiger partial charge in [0.05, 0.1) is 11.6 Å². The van der Waals surface area contributed by atoms with E-state index in [1.165, 1.54) is 12.1 Å². The van der Waals surface area contributed by atoms with E-state index >= 15 is 0 Å². The van der Waals surface area contributed by atoms with E-state index in [0.29, 0.717) is 5.69 Å². The number of rotatable bonds is 5. The Kier molecular flexibility index (Phi) is 4.96. The number of carbonyl (C=O) groups excluding carboxylic acids is 1. The molecule has 0 aliphatic carbocycles. The summed E-state index contributed by atoms with van der Waals surface area (Å²) in [6.07, 6.45) is 0.842. The lowest BCUT2D eigenvalue weighted by Gasteiger charge is -2.24. The van der Waals surface area contributed by atoms with Crippen LogP contribution in [0.5, 0.6) is 0 Å². The van der Waals surface area contributed by atoms with Gasteiger partial charge in [-0.3, -0.25) is 4.79 Å². The van der Waals surface area contributed by atoms with E-state index in [4.69, 9.17) is 11.6 Å². The fourth-order valence-electron chi connectivity index (χ4n) is 1.30. The second-order valence-corrected chi connectivity index (χ2v) is 5.18. The van der Waals surface area contributed by atoms with E-state index < -0.39 is 5.82 Å². The molecule has 18 heavy (non-hydrogen) atoms. The van der Waals surface area contributed by atoms with Crippen LogP contribution in [0, 0.1) is 5.82 Å². The molecule has 3 nitrogen and oxygen atoms in total. The first-order valence-electron chi connectivity index (χ1n) is 5.84. The van der Waals surface area contributed by atoms with Crippen molar-refractivity contribution in [2.45, 2.75) is 32.7 Å². The molecule has 0 atom stereocenters. The number of amides is 1. The molecule has 1 aromatic carbocycles. The molecule has 0 bridgehead atoms. The highest BCUT2D eigenvalue weighted by atomic mass is 35.5. The molecular weight excluding hydrogens is 255 g/mol. The van der Waals surface area contributed by atoms with Crippen molar-refractivity contribution in [3.8, 4) is 0 Å². The maximum absolute atomic E-state index is 13.2. The molecule has 1 aromatic rings. The number of hydrogen-bond donors (Lipinski definition) is 2. The van der Waals surface area contributed by atoms with Gasteiger partial charge in [0.2, 0.25) is 5.91 Å². The topological polar surface area (TPSA) is 41.1 Å². The fraction of sp³-hybridized carbons (Fsp3) is 0.462. The number of carbonyl (C=O) groups is 1. The van der Waals surface area contributed by atoms with Crippen molar-refractivity contribution >= 4 is 23.2 Å². The summed E-state index contributed by atoms with van der Waals surface area (Å²) in [5, 5.41) is 5.80. The number of nitrogens with one attached hydrogen (secondary N) is 2. The minimum atomic E-state index is -0.504. The first-order chi connectivity index (χ1) is 8.34. The van der Waals surface area contributed by atoms with E-state index in [2.05, 4.69) is 10.6 Å². The number of benzene rings is 1. The maximum Gasteiger partial charge on any atom is 0.239 e. The van der Waals surface area contributed by atoms with Crippen molar-refractivity contribution < 1.29 is 9.18 Å². The molecule has 0 aliphatic heterocycles. The van der Waals surface area contributed by atoms with Crippen LogP contribution >= 0.6 is 11.6 Å². The van der Waals surface area contributed by atoms with Gasteiger partial charge >= 0.3 is 0 Å². The molecule has 0 aromatic heterocycles. The molecule has 0 heterocycles. The highest BCUT2D eigenvalue weighted by molar-refractivity contribution is 6.30. The third-order valence-electron chi connectivity index (χ3n) is 2.73. The second-order valence-electron chi connectivity index (χ2n) is 4.77. The molecule has 0 radical (unpaired) electrons. The SMILES string of the molecule is CCC(C)(C)NC(=O)CNc1ccc(Cl)c(F)c1. The summed E-state index contributed by atoms with van der Waals surface area (Å²) in [5.74, 6) is -0.631. The highest BCUT2D eigenvalue weighted by Crippen LogP contribution is 2.18. The van der Waals surface area contributed by atoms with E-state index in [1.807, 2.05) is 20.8 Å². The Morgan fingerprint density at radius 1 is 1.44 bits per heavy atom. The van der Waals surface area contributed by atoms with Crippen molar-refractivity contribution in [1.29, 1.82) is 0 Å². The summed E-state index contributed by atoms with van der Waals surface area (Å²) >= 11 is 5.57. The molecule has 0 fully saturated rings. The molecular formula is C13H18ClFN2O. The lowest BCUT2D eigenvalue weighted by atomic mass is 10.0. The summed E-state index contributed by atoms with van der Waals surface area (Å²) in [5.41, 5.74) is 0.297. The van der Waals surface area contributed by atoms with Crippen LogP contribution in [-0.4, -0.2) is 18.0 Å². The first kappa shape index (κ1) is 14.8. The van der Waals surface area contributed by atoms with Gasteiger partial charge in [-0.05, 0) is 38.5 Å². The Balaban J connectivity index is 2.50. The Bertz CT molecular complexity index is 435. The van der Waals surface area contributed by atoms with Crippen LogP contribution in [-0.2, 0) is 4.79 Å². The van der Waals surface area contributed by atoms with Gasteiger partial charge in [-0.2, -0.15) is 0 Å². The summed E-state index contributed by atoms with van der Waals surface area (Å²) in [6, 6.07) is 4.34. The Morgan fingerprint density at radius 3 is 2.67 bits per heavy atom. The lowest BCUT2D eigenvalue weighted by Crippen LogP contribution is -2.45. The monoisotopic (exact) mass is 272 g/mol. The summed E-state index contributed by atoms with van der Waals surface area (Å²) in [7, 11) is 0. The van der Waals surface area contributed by atoms with Crippen LogP contribution < -0.4 is 10.6 Å². The third-order valence-corrected chi connectivity index (χ3v) is 3.04. The second kappa shape index (κ2) is 6.05. The molecule has 0 spiro atoms. The average Bonchev–Trinajstić information content (AvgIpc) is 2.30. The van der Waals surface area contributed by atoms with Crippen LogP contribution in [0.25, 0.3) is 0 Å². The van der Waals surface area contributed by atoms with E-state index in [9.17, 15) is 9.18 Å². The standard InChI is InChI=1S/C13H18ClFN2O/c1-4-13(2,3)17-12(18)8-16-9-5-6-10(14)11(15)7-9/h5-7,16H,4,8H2,1-3H3,(H,17,18). The zero-order valence-electron chi connectivity index (χ0n) is 10.8. The Morgan fingerprint density at radius 2 is 2.11 bits per heavy atom. The smallest absolute Gasteiger partial charge is 0.239 e. The molecule has 1 rings (SSSR count). The van der Waals surface area contributed by atoms with Crippen molar-refractivity contribution in [2.24, 2.45) is 0 Å². The van der Waals surface area contributed by atoms with Crippen LogP contribution in [0.4, 0.5) is 10.1 Å². The largest absolute Gasteiger partial charge is 0.376 e. The maximum atomic E-state index is 13.2. The molecule has 0 saturated carbocycles. The third kappa shape index (κ3) is 4.53. The van der Waals surface area contributed by atoms with Crippen molar-refractivity contribution in [1.82, 2.24) is 5.32 Å². The first-order valence-corrected chi connectivity index (χ1v) is 6.22. The van der Waals surface area contributed by atoms with E-state index in [1.54, 1.807) is 6.07 Å². The van der Waals surface area contributed by atoms with Gasteiger partial charge in [0.1, 0.15) is 5.82 Å². The van der Waals surface area contributed by atoms with E-state index in [0.717, 1.165) is 6.42 Å². The zero-order chi connectivity index (χ0) is 13.8.